The minimum absolute atomic E-state index is 0.00730. The van der Waals surface area contributed by atoms with Crippen molar-refractivity contribution in [1.82, 2.24) is 4.31 Å². The highest BCUT2D eigenvalue weighted by Crippen LogP contribution is 2.40. The van der Waals surface area contributed by atoms with Gasteiger partial charge < -0.3 is 0 Å². The van der Waals surface area contributed by atoms with Crippen molar-refractivity contribution in [2.24, 2.45) is 0 Å². The van der Waals surface area contributed by atoms with Gasteiger partial charge in [-0.05, 0) is 47.2 Å². The van der Waals surface area contributed by atoms with Crippen LogP contribution in [0.2, 0.25) is 0 Å². The molecule has 0 fully saturated rings. The van der Waals surface area contributed by atoms with E-state index in [2.05, 4.69) is 0 Å². The van der Waals surface area contributed by atoms with Crippen LogP contribution in [0.15, 0.2) is 70.9 Å². The van der Waals surface area contributed by atoms with Crippen LogP contribution in [-0.4, -0.2) is 19.3 Å². The number of nitrogens with zero attached hydrogens (tertiary/aromatic N) is 1. The Bertz CT molecular complexity index is 999. The van der Waals surface area contributed by atoms with E-state index < -0.39 is 15.8 Å². The van der Waals surface area contributed by atoms with Crippen molar-refractivity contribution in [2.45, 2.75) is 17.4 Å². The van der Waals surface area contributed by atoms with Crippen LogP contribution < -0.4 is 0 Å². The highest BCUT2D eigenvalue weighted by atomic mass is 32.2. The van der Waals surface area contributed by atoms with Gasteiger partial charge in [0.15, 0.2) is 0 Å². The molecule has 0 N–H and O–H groups in total. The second kappa shape index (κ2) is 6.37. The Morgan fingerprint density at radius 2 is 1.84 bits per heavy atom. The maximum Gasteiger partial charge on any atom is 0.244 e. The van der Waals surface area contributed by atoms with E-state index in [1.807, 2.05) is 41.8 Å². The third kappa shape index (κ3) is 2.90. The van der Waals surface area contributed by atoms with Gasteiger partial charge in [-0.2, -0.15) is 4.31 Å². The van der Waals surface area contributed by atoms with Gasteiger partial charge in [0.25, 0.3) is 0 Å². The summed E-state index contributed by atoms with van der Waals surface area (Å²) in [6, 6.07) is 16.4. The van der Waals surface area contributed by atoms with Crippen molar-refractivity contribution in [2.75, 3.05) is 6.54 Å². The van der Waals surface area contributed by atoms with Gasteiger partial charge in [0.05, 0.1) is 10.9 Å². The molecule has 0 saturated carbocycles. The molecule has 128 valence electrons. The van der Waals surface area contributed by atoms with Crippen LogP contribution in [0.3, 0.4) is 0 Å². The first kappa shape index (κ1) is 16.4. The van der Waals surface area contributed by atoms with Gasteiger partial charge in [-0.1, -0.05) is 36.4 Å². The molecule has 25 heavy (non-hydrogen) atoms. The van der Waals surface area contributed by atoms with Crippen LogP contribution in [0.1, 0.15) is 22.0 Å². The van der Waals surface area contributed by atoms with E-state index >= 15 is 0 Å². The lowest BCUT2D eigenvalue weighted by Gasteiger charge is -2.35. The molecule has 1 aliphatic heterocycles. The zero-order chi connectivity index (χ0) is 17.4. The Balaban J connectivity index is 1.86. The Kier molecular flexibility index (Phi) is 4.19. The van der Waals surface area contributed by atoms with Gasteiger partial charge in [-0.25, -0.2) is 12.8 Å². The SMILES string of the molecule is O=S(=O)(c1cccc(F)c1)N1CCc2sccc2C1c1ccccc1. The summed E-state index contributed by atoms with van der Waals surface area (Å²) >= 11 is 1.65. The van der Waals surface area contributed by atoms with Gasteiger partial charge in [0.1, 0.15) is 5.82 Å². The number of halogens is 1. The van der Waals surface area contributed by atoms with E-state index in [1.165, 1.54) is 27.4 Å². The summed E-state index contributed by atoms with van der Waals surface area (Å²) < 4.78 is 41.5. The van der Waals surface area contributed by atoms with Crippen molar-refractivity contribution in [3.05, 3.63) is 87.9 Å². The Morgan fingerprint density at radius 3 is 2.60 bits per heavy atom. The van der Waals surface area contributed by atoms with Crippen molar-refractivity contribution in [3.8, 4) is 0 Å². The highest BCUT2D eigenvalue weighted by Gasteiger charge is 2.37. The van der Waals surface area contributed by atoms with E-state index in [4.69, 9.17) is 0 Å². The molecule has 0 saturated heterocycles. The molecule has 0 bridgehead atoms. The minimum Gasteiger partial charge on any atom is -0.207 e. The third-order valence-corrected chi connectivity index (χ3v) is 7.30. The van der Waals surface area contributed by atoms with Crippen LogP contribution in [-0.2, 0) is 16.4 Å². The summed E-state index contributed by atoms with van der Waals surface area (Å²) in [5.74, 6) is -0.550. The molecule has 0 amide bonds. The van der Waals surface area contributed by atoms with E-state index in [0.29, 0.717) is 13.0 Å². The molecule has 2 aromatic carbocycles. The first-order valence-electron chi connectivity index (χ1n) is 7.96. The first-order chi connectivity index (χ1) is 12.1. The average Bonchev–Trinajstić information content (AvgIpc) is 3.10. The van der Waals surface area contributed by atoms with Crippen LogP contribution in [0.4, 0.5) is 4.39 Å². The largest absolute Gasteiger partial charge is 0.244 e. The van der Waals surface area contributed by atoms with Crippen molar-refractivity contribution >= 4 is 21.4 Å². The van der Waals surface area contributed by atoms with Crippen molar-refractivity contribution < 1.29 is 12.8 Å². The predicted molar refractivity (Wildman–Crippen MR) is 96.6 cm³/mol. The lowest BCUT2D eigenvalue weighted by atomic mass is 9.95. The number of fused-ring (bicyclic) bond motifs is 1. The van der Waals surface area contributed by atoms with E-state index in [9.17, 15) is 12.8 Å². The number of thiophene rings is 1. The fourth-order valence-corrected chi connectivity index (χ4v) is 5.83. The Labute approximate surface area is 150 Å². The summed E-state index contributed by atoms with van der Waals surface area (Å²) in [5.41, 5.74) is 1.93. The number of rotatable bonds is 3. The zero-order valence-corrected chi connectivity index (χ0v) is 14.9. The van der Waals surface area contributed by atoms with Crippen LogP contribution in [0.5, 0.6) is 0 Å². The number of benzene rings is 2. The topological polar surface area (TPSA) is 37.4 Å². The van der Waals surface area contributed by atoms with Crippen molar-refractivity contribution in [1.29, 1.82) is 0 Å². The van der Waals surface area contributed by atoms with Crippen LogP contribution >= 0.6 is 11.3 Å². The summed E-state index contributed by atoms with van der Waals surface area (Å²) in [6.45, 7) is 0.381. The smallest absolute Gasteiger partial charge is 0.207 e. The molecular formula is C19H16FNO2S2. The lowest BCUT2D eigenvalue weighted by Crippen LogP contribution is -2.40. The van der Waals surface area contributed by atoms with E-state index in [1.54, 1.807) is 11.3 Å². The van der Waals surface area contributed by atoms with Gasteiger partial charge in [-0.3, -0.25) is 0 Å². The van der Waals surface area contributed by atoms with E-state index in [-0.39, 0.29) is 10.9 Å². The fourth-order valence-electron chi connectivity index (χ4n) is 3.30. The minimum atomic E-state index is -3.80. The molecular weight excluding hydrogens is 357 g/mol. The van der Waals surface area contributed by atoms with Crippen LogP contribution in [0.25, 0.3) is 0 Å². The first-order valence-corrected chi connectivity index (χ1v) is 10.3. The maximum atomic E-state index is 13.6. The molecule has 0 aliphatic carbocycles. The standard InChI is InChI=1S/C19H16FNO2S2/c20-15-7-4-8-16(13-15)25(22,23)21-11-9-18-17(10-12-24-18)19(21)14-5-2-1-3-6-14/h1-8,10,12-13,19H,9,11H2. The molecule has 1 atom stereocenters. The normalized spacial score (nSPS) is 18.0. The fraction of sp³-hybridized carbons (Fsp3) is 0.158. The molecule has 0 radical (unpaired) electrons. The average molecular weight is 373 g/mol. The third-order valence-electron chi connectivity index (χ3n) is 4.44. The quantitative estimate of drug-likeness (QED) is 0.689. The molecule has 3 aromatic rings. The summed E-state index contributed by atoms with van der Waals surface area (Å²) in [6.07, 6.45) is 0.672. The maximum absolute atomic E-state index is 13.6. The molecule has 1 unspecified atom stereocenters. The van der Waals surface area contributed by atoms with Crippen molar-refractivity contribution in [3.63, 3.8) is 0 Å². The molecule has 1 aliphatic rings. The Hall–Kier alpha value is -2.02. The number of hydrogen-bond acceptors (Lipinski definition) is 3. The van der Waals surface area contributed by atoms with E-state index in [0.717, 1.165) is 17.2 Å². The zero-order valence-electron chi connectivity index (χ0n) is 13.3. The molecule has 1 aromatic heterocycles. The summed E-state index contributed by atoms with van der Waals surface area (Å²) in [5, 5.41) is 2.00. The number of hydrogen-bond donors (Lipinski definition) is 0. The highest BCUT2D eigenvalue weighted by molar-refractivity contribution is 7.89. The van der Waals surface area contributed by atoms with Gasteiger partial charge in [0, 0.05) is 11.4 Å². The second-order valence-corrected chi connectivity index (χ2v) is 8.83. The summed E-state index contributed by atoms with van der Waals surface area (Å²) in [4.78, 5) is 1.20. The molecule has 6 heteroatoms. The summed E-state index contributed by atoms with van der Waals surface area (Å²) in [7, 11) is -3.80. The van der Waals surface area contributed by atoms with Crippen LogP contribution in [0, 0.1) is 5.82 Å². The molecule has 4 rings (SSSR count). The van der Waals surface area contributed by atoms with Gasteiger partial charge in [-0.15, -0.1) is 11.3 Å². The molecule has 0 spiro atoms. The predicted octanol–water partition coefficient (Wildman–Crippen LogP) is 4.22. The molecule has 2 heterocycles. The Morgan fingerprint density at radius 1 is 1.04 bits per heavy atom. The molecule has 3 nitrogen and oxygen atoms in total. The monoisotopic (exact) mass is 373 g/mol. The van der Waals surface area contributed by atoms with Gasteiger partial charge in [0.2, 0.25) is 10.0 Å². The number of sulfonamides is 1. The second-order valence-electron chi connectivity index (χ2n) is 5.94. The van der Waals surface area contributed by atoms with Gasteiger partial charge >= 0.3 is 0 Å². The lowest BCUT2D eigenvalue weighted by molar-refractivity contribution is 0.346.